The molecule has 0 aliphatic heterocycles. The van der Waals surface area contributed by atoms with Gasteiger partial charge in [-0.25, -0.2) is 8.42 Å². The molecule has 2 aromatic rings. The van der Waals surface area contributed by atoms with Gasteiger partial charge in [0.25, 0.3) is 0 Å². The zero-order valence-corrected chi connectivity index (χ0v) is 18.0. The van der Waals surface area contributed by atoms with E-state index in [-0.39, 0.29) is 16.5 Å². The Morgan fingerprint density at radius 2 is 1.63 bits per heavy atom. The summed E-state index contributed by atoms with van der Waals surface area (Å²) < 4.78 is 31.6. The van der Waals surface area contributed by atoms with Gasteiger partial charge < -0.3 is 4.74 Å². The van der Waals surface area contributed by atoms with Crippen LogP contribution in [0.15, 0.2) is 47.4 Å². The molecule has 0 amide bonds. The Bertz CT molecular complexity index is 1040. The van der Waals surface area contributed by atoms with Crippen molar-refractivity contribution in [3.05, 3.63) is 64.7 Å². The van der Waals surface area contributed by atoms with Gasteiger partial charge in [0.2, 0.25) is 15.8 Å². The second-order valence-corrected chi connectivity index (χ2v) is 8.45. The number of Topliss-reactive ketones (excluding diaryl/α,β-unsaturated/α-hetero) is 2. The molecule has 0 aliphatic carbocycles. The number of ether oxygens (including phenoxy) is 1. The van der Waals surface area contributed by atoms with Crippen LogP contribution in [-0.4, -0.2) is 39.1 Å². The molecule has 0 bridgehead atoms. The third-order valence-corrected chi connectivity index (χ3v) is 6.02. The Kier molecular flexibility index (Phi) is 8.02. The largest absolute Gasteiger partial charge is 0.456 e. The molecular formula is C22H25NO6S. The average molecular weight is 432 g/mol. The fourth-order valence-electron chi connectivity index (χ4n) is 2.79. The van der Waals surface area contributed by atoms with Crippen LogP contribution in [0.4, 0.5) is 0 Å². The van der Waals surface area contributed by atoms with Gasteiger partial charge in [0.15, 0.2) is 12.4 Å². The molecule has 0 atom stereocenters. The van der Waals surface area contributed by atoms with Crippen LogP contribution in [0.5, 0.6) is 0 Å². The van der Waals surface area contributed by atoms with Crippen molar-refractivity contribution in [2.45, 2.75) is 38.5 Å². The van der Waals surface area contributed by atoms with Crippen LogP contribution < -0.4 is 4.72 Å². The summed E-state index contributed by atoms with van der Waals surface area (Å²) in [7, 11) is -3.96. The van der Waals surface area contributed by atoms with Crippen molar-refractivity contribution in [2.24, 2.45) is 0 Å². The van der Waals surface area contributed by atoms with Gasteiger partial charge in [0.1, 0.15) is 6.54 Å². The van der Waals surface area contributed by atoms with Gasteiger partial charge in [-0.3, -0.25) is 14.4 Å². The summed E-state index contributed by atoms with van der Waals surface area (Å²) >= 11 is 0. The van der Waals surface area contributed by atoms with Gasteiger partial charge in [-0.2, -0.15) is 4.72 Å². The summed E-state index contributed by atoms with van der Waals surface area (Å²) in [5.41, 5.74) is 2.76. The number of ketones is 2. The van der Waals surface area contributed by atoms with Gasteiger partial charge in [0, 0.05) is 11.1 Å². The molecule has 8 heteroatoms. The van der Waals surface area contributed by atoms with Crippen molar-refractivity contribution in [3.63, 3.8) is 0 Å². The summed E-state index contributed by atoms with van der Waals surface area (Å²) in [4.78, 5) is 35.6. The quantitative estimate of drug-likeness (QED) is 0.458. The number of sulfonamides is 1. The number of hydrogen-bond donors (Lipinski definition) is 1. The minimum Gasteiger partial charge on any atom is -0.456 e. The summed E-state index contributed by atoms with van der Waals surface area (Å²) in [5.74, 6) is -1.38. The summed E-state index contributed by atoms with van der Waals surface area (Å²) in [5, 5.41) is 0. The third kappa shape index (κ3) is 6.08. The lowest BCUT2D eigenvalue weighted by Crippen LogP contribution is -2.31. The lowest BCUT2D eigenvalue weighted by molar-refractivity contribution is -0.141. The number of carbonyl (C=O) groups excluding carboxylic acids is 3. The van der Waals surface area contributed by atoms with Crippen molar-refractivity contribution in [1.82, 2.24) is 4.72 Å². The van der Waals surface area contributed by atoms with Gasteiger partial charge in [0.05, 0.1) is 4.90 Å². The molecule has 0 fully saturated rings. The molecule has 0 radical (unpaired) electrons. The molecule has 2 rings (SSSR count). The molecule has 0 saturated carbocycles. The molecule has 1 N–H and O–H groups in total. The first kappa shape index (κ1) is 23.4. The SMILES string of the molecule is CCc1ccc(CC)c(C(=O)COC(=O)CNS(=O)(=O)c2ccc(C(C)=O)cc2)c1. The summed E-state index contributed by atoms with van der Waals surface area (Å²) in [6, 6.07) is 11.0. The number of carbonyl (C=O) groups is 3. The van der Waals surface area contributed by atoms with E-state index in [1.54, 1.807) is 6.07 Å². The zero-order chi connectivity index (χ0) is 22.3. The minimum absolute atomic E-state index is 0.0830. The molecule has 0 unspecified atom stereocenters. The van der Waals surface area contributed by atoms with Crippen molar-refractivity contribution in [3.8, 4) is 0 Å². The highest BCUT2D eigenvalue weighted by Gasteiger charge is 2.18. The molecule has 160 valence electrons. The van der Waals surface area contributed by atoms with Crippen molar-refractivity contribution in [1.29, 1.82) is 0 Å². The van der Waals surface area contributed by atoms with Crippen LogP contribution in [0.25, 0.3) is 0 Å². The normalized spacial score (nSPS) is 11.2. The standard InChI is InChI=1S/C22H25NO6S/c1-4-16-6-7-17(5-2)20(12-16)21(25)14-29-22(26)13-23-30(27,28)19-10-8-18(9-11-19)15(3)24/h6-12,23H,4-5,13-14H2,1-3H3. The molecule has 0 spiro atoms. The van der Waals surface area contributed by atoms with Crippen LogP contribution in [-0.2, 0) is 32.4 Å². The maximum atomic E-state index is 12.5. The number of hydrogen-bond acceptors (Lipinski definition) is 6. The van der Waals surface area contributed by atoms with E-state index in [2.05, 4.69) is 4.72 Å². The number of rotatable bonds is 10. The Morgan fingerprint density at radius 3 is 2.20 bits per heavy atom. The minimum atomic E-state index is -3.96. The topological polar surface area (TPSA) is 107 Å². The highest BCUT2D eigenvalue weighted by atomic mass is 32.2. The Morgan fingerprint density at radius 1 is 0.967 bits per heavy atom. The van der Waals surface area contributed by atoms with E-state index in [0.29, 0.717) is 17.5 Å². The maximum Gasteiger partial charge on any atom is 0.321 e. The van der Waals surface area contributed by atoms with Crippen LogP contribution in [0.1, 0.15) is 52.6 Å². The van der Waals surface area contributed by atoms with Crippen molar-refractivity contribution < 1.29 is 27.5 Å². The number of nitrogens with one attached hydrogen (secondary N) is 1. The number of aryl methyl sites for hydroxylation is 2. The molecule has 7 nitrogen and oxygen atoms in total. The fourth-order valence-corrected chi connectivity index (χ4v) is 3.76. The molecule has 0 heterocycles. The average Bonchev–Trinajstić information content (AvgIpc) is 2.75. The predicted octanol–water partition coefficient (Wildman–Crippen LogP) is 2.72. The summed E-state index contributed by atoms with van der Waals surface area (Å²) in [6.45, 7) is 4.21. The summed E-state index contributed by atoms with van der Waals surface area (Å²) in [6.07, 6.45) is 1.44. The molecule has 0 aliphatic rings. The molecule has 0 aromatic heterocycles. The fraction of sp³-hybridized carbons (Fsp3) is 0.318. The first-order valence-corrected chi connectivity index (χ1v) is 11.1. The Hall–Kier alpha value is -2.84. The van der Waals surface area contributed by atoms with E-state index in [1.165, 1.54) is 31.2 Å². The first-order chi connectivity index (χ1) is 14.2. The van der Waals surface area contributed by atoms with E-state index in [4.69, 9.17) is 4.74 Å². The van der Waals surface area contributed by atoms with E-state index in [0.717, 1.165) is 17.5 Å². The Balaban J connectivity index is 1.94. The molecule has 0 saturated heterocycles. The zero-order valence-electron chi connectivity index (χ0n) is 17.2. The van der Waals surface area contributed by atoms with Crippen LogP contribution in [0, 0.1) is 0 Å². The van der Waals surface area contributed by atoms with Crippen LogP contribution in [0.2, 0.25) is 0 Å². The van der Waals surface area contributed by atoms with E-state index in [1.807, 2.05) is 26.0 Å². The van der Waals surface area contributed by atoms with E-state index in [9.17, 15) is 22.8 Å². The second kappa shape index (κ2) is 10.3. The van der Waals surface area contributed by atoms with Crippen molar-refractivity contribution in [2.75, 3.05) is 13.2 Å². The first-order valence-electron chi connectivity index (χ1n) is 9.59. The highest BCUT2D eigenvalue weighted by Crippen LogP contribution is 2.15. The molecular weight excluding hydrogens is 406 g/mol. The van der Waals surface area contributed by atoms with Gasteiger partial charge >= 0.3 is 5.97 Å². The van der Waals surface area contributed by atoms with Crippen molar-refractivity contribution >= 4 is 27.6 Å². The van der Waals surface area contributed by atoms with Crippen LogP contribution >= 0.6 is 0 Å². The van der Waals surface area contributed by atoms with Gasteiger partial charge in [-0.1, -0.05) is 38.1 Å². The smallest absolute Gasteiger partial charge is 0.321 e. The van der Waals surface area contributed by atoms with Crippen LogP contribution in [0.3, 0.4) is 0 Å². The lowest BCUT2D eigenvalue weighted by atomic mass is 9.98. The molecule has 2 aromatic carbocycles. The Labute approximate surface area is 176 Å². The lowest BCUT2D eigenvalue weighted by Gasteiger charge is -2.10. The highest BCUT2D eigenvalue weighted by molar-refractivity contribution is 7.89. The molecule has 30 heavy (non-hydrogen) atoms. The van der Waals surface area contributed by atoms with Gasteiger partial charge in [-0.05, 0) is 49.1 Å². The van der Waals surface area contributed by atoms with E-state index >= 15 is 0 Å². The second-order valence-electron chi connectivity index (χ2n) is 6.69. The van der Waals surface area contributed by atoms with E-state index < -0.39 is 29.1 Å². The number of benzene rings is 2. The predicted molar refractivity (Wildman–Crippen MR) is 112 cm³/mol. The van der Waals surface area contributed by atoms with Gasteiger partial charge in [-0.15, -0.1) is 0 Å². The maximum absolute atomic E-state index is 12.5. The third-order valence-electron chi connectivity index (χ3n) is 4.61. The number of esters is 1. The monoisotopic (exact) mass is 431 g/mol.